The molecule has 0 saturated carbocycles. The quantitative estimate of drug-likeness (QED) is 0.516. The van der Waals surface area contributed by atoms with Crippen LogP contribution >= 0.6 is 23.2 Å². The van der Waals surface area contributed by atoms with Gasteiger partial charge in [0, 0.05) is 6.20 Å². The van der Waals surface area contributed by atoms with Gasteiger partial charge >= 0.3 is 0 Å². The largest absolute Gasteiger partial charge is 0.242 e. The lowest BCUT2D eigenvalue weighted by atomic mass is 10.4. The minimum Gasteiger partial charge on any atom is -0.242 e. The Balaban J connectivity index is 3.06. The second-order valence-corrected chi connectivity index (χ2v) is 2.54. The molecule has 0 spiro atoms. The highest BCUT2D eigenvalue weighted by atomic mass is 35.5. The highest BCUT2D eigenvalue weighted by Gasteiger charge is 1.98. The Bertz CT molecular complexity index is 354. The van der Waals surface area contributed by atoms with E-state index in [4.69, 9.17) is 28.5 Å². The van der Waals surface area contributed by atoms with Crippen molar-refractivity contribution in [2.24, 2.45) is 4.99 Å². The van der Waals surface area contributed by atoms with Crippen molar-refractivity contribution in [2.75, 3.05) is 0 Å². The lowest BCUT2D eigenvalue weighted by Gasteiger charge is -1.93. The summed E-state index contributed by atoms with van der Waals surface area (Å²) in [6, 6.07) is 4.95. The van der Waals surface area contributed by atoms with Crippen molar-refractivity contribution in [1.29, 1.82) is 5.26 Å². The summed E-state index contributed by atoms with van der Waals surface area (Å²) in [5.41, 5.74) is 0.394. The van der Waals surface area contributed by atoms with E-state index in [1.807, 2.05) is 0 Å². The second kappa shape index (κ2) is 4.05. The lowest BCUT2D eigenvalue weighted by molar-refractivity contribution is 1.31. The molecule has 3 nitrogen and oxygen atoms in total. The van der Waals surface area contributed by atoms with Crippen LogP contribution in [0.5, 0.6) is 0 Å². The van der Waals surface area contributed by atoms with E-state index in [2.05, 4.69) is 9.98 Å². The molecule has 12 heavy (non-hydrogen) atoms. The van der Waals surface area contributed by atoms with Gasteiger partial charge in [0.1, 0.15) is 11.8 Å². The van der Waals surface area contributed by atoms with Gasteiger partial charge in [0.2, 0.25) is 5.17 Å². The molecular weight excluding hydrogens is 197 g/mol. The summed E-state index contributed by atoms with van der Waals surface area (Å²) in [5, 5.41) is 8.38. The number of rotatable bonds is 1. The number of nitrogens with zero attached hydrogens (tertiary/aromatic N) is 3. The Morgan fingerprint density at radius 3 is 3.00 bits per heavy atom. The van der Waals surface area contributed by atoms with Crippen molar-refractivity contribution in [1.82, 2.24) is 4.98 Å². The van der Waals surface area contributed by atoms with Crippen molar-refractivity contribution in [3.63, 3.8) is 0 Å². The molecule has 0 N–H and O–H groups in total. The van der Waals surface area contributed by atoms with E-state index < -0.39 is 0 Å². The Morgan fingerprint density at radius 1 is 1.67 bits per heavy atom. The number of hydrogen-bond donors (Lipinski definition) is 0. The van der Waals surface area contributed by atoms with Crippen LogP contribution in [0.25, 0.3) is 0 Å². The second-order valence-electron chi connectivity index (χ2n) is 1.83. The van der Waals surface area contributed by atoms with Gasteiger partial charge in [-0.15, -0.1) is 0 Å². The SMILES string of the molecule is N#CC(Cl)=Nc1cccnc1Cl. The highest BCUT2D eigenvalue weighted by Crippen LogP contribution is 2.21. The number of aliphatic imine (C=N–C) groups is 1. The van der Waals surface area contributed by atoms with Crippen LogP contribution in [0.2, 0.25) is 5.15 Å². The number of pyridine rings is 1. The number of halogens is 2. The van der Waals surface area contributed by atoms with E-state index >= 15 is 0 Å². The van der Waals surface area contributed by atoms with Crippen molar-refractivity contribution < 1.29 is 0 Å². The van der Waals surface area contributed by atoms with E-state index in [0.717, 1.165) is 0 Å². The van der Waals surface area contributed by atoms with Gasteiger partial charge < -0.3 is 0 Å². The van der Waals surface area contributed by atoms with Crippen LogP contribution in [0.4, 0.5) is 5.69 Å². The Morgan fingerprint density at radius 2 is 2.42 bits per heavy atom. The van der Waals surface area contributed by atoms with Crippen LogP contribution < -0.4 is 0 Å². The fraction of sp³-hybridized carbons (Fsp3) is 0. The molecule has 0 aliphatic rings. The molecular formula is C7H3Cl2N3. The monoisotopic (exact) mass is 199 g/mol. The average molecular weight is 200 g/mol. The summed E-state index contributed by atoms with van der Waals surface area (Å²) >= 11 is 11.0. The molecule has 0 fully saturated rings. The van der Waals surface area contributed by atoms with Gasteiger partial charge in [-0.1, -0.05) is 23.2 Å². The fourth-order valence-electron chi connectivity index (χ4n) is 0.592. The van der Waals surface area contributed by atoms with Gasteiger partial charge in [-0.2, -0.15) is 5.26 Å². The molecule has 1 heterocycles. The minimum atomic E-state index is -0.162. The first-order chi connectivity index (χ1) is 5.74. The first-order valence-corrected chi connectivity index (χ1v) is 3.74. The predicted octanol–water partition coefficient (Wildman–Crippen LogP) is 2.53. The molecule has 0 bridgehead atoms. The molecule has 0 aliphatic carbocycles. The molecule has 0 aromatic carbocycles. The molecule has 1 aromatic rings. The summed E-state index contributed by atoms with van der Waals surface area (Å²) in [7, 11) is 0. The van der Waals surface area contributed by atoms with Gasteiger partial charge in [0.15, 0.2) is 5.15 Å². The maximum Gasteiger partial charge on any atom is 0.207 e. The molecule has 0 unspecified atom stereocenters. The Labute approximate surface area is 79.3 Å². The fourth-order valence-corrected chi connectivity index (χ4v) is 0.844. The predicted molar refractivity (Wildman–Crippen MR) is 47.8 cm³/mol. The molecule has 5 heteroatoms. The average Bonchev–Trinajstić information content (AvgIpc) is 2.09. The number of aromatic nitrogens is 1. The molecule has 0 saturated heterocycles. The van der Waals surface area contributed by atoms with E-state index in [0.29, 0.717) is 5.69 Å². The van der Waals surface area contributed by atoms with Crippen molar-refractivity contribution in [2.45, 2.75) is 0 Å². The van der Waals surface area contributed by atoms with Gasteiger partial charge in [0.05, 0.1) is 0 Å². The van der Waals surface area contributed by atoms with Crippen molar-refractivity contribution in [3.05, 3.63) is 23.5 Å². The zero-order valence-corrected chi connectivity index (χ0v) is 7.34. The normalized spacial score (nSPS) is 10.9. The summed E-state index contributed by atoms with van der Waals surface area (Å²) in [6.07, 6.45) is 1.53. The minimum absolute atomic E-state index is 0.162. The molecule has 60 valence electrons. The van der Waals surface area contributed by atoms with Crippen LogP contribution in [-0.2, 0) is 0 Å². The highest BCUT2D eigenvalue weighted by molar-refractivity contribution is 6.69. The first kappa shape index (κ1) is 8.98. The van der Waals surface area contributed by atoms with Gasteiger partial charge in [-0.05, 0) is 12.1 Å². The van der Waals surface area contributed by atoms with E-state index in [1.165, 1.54) is 6.20 Å². The standard InChI is InChI=1S/C7H3Cl2N3/c8-6(4-10)12-5-2-1-3-11-7(5)9/h1-3H. The van der Waals surface area contributed by atoms with E-state index in [9.17, 15) is 0 Å². The first-order valence-electron chi connectivity index (χ1n) is 2.99. The third-order valence-electron chi connectivity index (χ3n) is 1.05. The summed E-state index contributed by atoms with van der Waals surface area (Å²) < 4.78 is 0. The molecule has 0 atom stereocenters. The van der Waals surface area contributed by atoms with Crippen molar-refractivity contribution >= 4 is 34.1 Å². The van der Waals surface area contributed by atoms with Gasteiger partial charge in [-0.25, -0.2) is 9.98 Å². The summed E-state index contributed by atoms with van der Waals surface area (Å²) in [6.45, 7) is 0. The molecule has 0 radical (unpaired) electrons. The third kappa shape index (κ3) is 2.19. The van der Waals surface area contributed by atoms with Crippen LogP contribution in [0.15, 0.2) is 23.3 Å². The van der Waals surface area contributed by atoms with E-state index in [1.54, 1.807) is 18.2 Å². The Kier molecular flexibility index (Phi) is 3.03. The third-order valence-corrected chi connectivity index (χ3v) is 1.51. The number of nitriles is 1. The van der Waals surface area contributed by atoms with E-state index in [-0.39, 0.29) is 10.3 Å². The smallest absolute Gasteiger partial charge is 0.207 e. The number of hydrogen-bond acceptors (Lipinski definition) is 3. The maximum absolute atomic E-state index is 8.31. The van der Waals surface area contributed by atoms with Gasteiger partial charge in [0.25, 0.3) is 0 Å². The maximum atomic E-state index is 8.31. The van der Waals surface area contributed by atoms with Crippen LogP contribution in [0.3, 0.4) is 0 Å². The zero-order valence-electron chi connectivity index (χ0n) is 5.83. The van der Waals surface area contributed by atoms with Crippen LogP contribution in [0, 0.1) is 11.3 Å². The lowest BCUT2D eigenvalue weighted by Crippen LogP contribution is -1.80. The Hall–Kier alpha value is -1.11. The molecule has 1 rings (SSSR count). The van der Waals surface area contributed by atoms with Crippen molar-refractivity contribution in [3.8, 4) is 6.07 Å². The van der Waals surface area contributed by atoms with Crippen LogP contribution in [-0.4, -0.2) is 10.2 Å². The van der Waals surface area contributed by atoms with Crippen LogP contribution in [0.1, 0.15) is 0 Å². The molecule has 0 amide bonds. The molecule has 1 aromatic heterocycles. The van der Waals surface area contributed by atoms with Gasteiger partial charge in [-0.3, -0.25) is 0 Å². The summed E-state index contributed by atoms with van der Waals surface area (Å²) in [5.74, 6) is 0. The topological polar surface area (TPSA) is 49.0 Å². The zero-order chi connectivity index (χ0) is 8.97. The summed E-state index contributed by atoms with van der Waals surface area (Å²) in [4.78, 5) is 7.46. The molecule has 0 aliphatic heterocycles.